The molecule has 0 aromatic carbocycles. The minimum Gasteiger partial charge on any atom is -0.243 e. The third-order valence-corrected chi connectivity index (χ3v) is 2.13. The molecule has 0 radical (unpaired) electrons. The van der Waals surface area contributed by atoms with Crippen LogP contribution in [-0.4, -0.2) is 36.0 Å². The number of nitrogens with zero attached hydrogens (tertiary/aromatic N) is 6. The van der Waals surface area contributed by atoms with Gasteiger partial charge in [0.2, 0.25) is 5.95 Å². The minimum atomic E-state index is -0.780. The van der Waals surface area contributed by atoms with E-state index in [2.05, 4.69) is 20.6 Å². The molecule has 0 amide bonds. The van der Waals surface area contributed by atoms with E-state index in [-0.39, 0.29) is 5.69 Å². The second kappa shape index (κ2) is 3.72. The van der Waals surface area contributed by atoms with Gasteiger partial charge < -0.3 is 0 Å². The van der Waals surface area contributed by atoms with Crippen molar-refractivity contribution in [1.29, 1.82) is 0 Å². The summed E-state index contributed by atoms with van der Waals surface area (Å²) in [6.45, 7) is 5.35. The number of carbonyl (C=O) groups excluding carboxylic acids is 1. The van der Waals surface area contributed by atoms with E-state index in [1.54, 1.807) is 20.8 Å². The van der Waals surface area contributed by atoms with Crippen LogP contribution < -0.4 is 0 Å². The first-order valence-corrected chi connectivity index (χ1v) is 4.94. The first kappa shape index (κ1) is 11.4. The van der Waals surface area contributed by atoms with Crippen molar-refractivity contribution < 1.29 is 9.18 Å². The normalized spacial score (nSPS) is 11.8. The summed E-state index contributed by atoms with van der Waals surface area (Å²) in [6, 6.07) is -0.761. The Morgan fingerprint density at radius 2 is 2.06 bits per heavy atom. The fourth-order valence-corrected chi connectivity index (χ4v) is 1.26. The van der Waals surface area contributed by atoms with Crippen molar-refractivity contribution in [3.05, 3.63) is 24.0 Å². The molecular formula is C9H11FN6O. The fourth-order valence-electron chi connectivity index (χ4n) is 1.26. The van der Waals surface area contributed by atoms with Crippen LogP contribution in [-0.2, 0) is 5.41 Å². The van der Waals surface area contributed by atoms with Gasteiger partial charge in [-0.15, -0.1) is 14.9 Å². The van der Waals surface area contributed by atoms with Crippen molar-refractivity contribution in [3.8, 4) is 0 Å². The molecule has 2 heterocycles. The highest BCUT2D eigenvalue weighted by molar-refractivity contribution is 5.77. The Hall–Kier alpha value is -2.12. The van der Waals surface area contributed by atoms with Crippen LogP contribution in [0.15, 0.2) is 12.4 Å². The highest BCUT2D eigenvalue weighted by Gasteiger charge is 2.27. The van der Waals surface area contributed by atoms with E-state index in [4.69, 9.17) is 0 Å². The molecule has 0 N–H and O–H groups in total. The topological polar surface area (TPSA) is 78.5 Å². The number of aromatic nitrogens is 6. The summed E-state index contributed by atoms with van der Waals surface area (Å²) in [5.41, 5.74) is -0.392. The fraction of sp³-hybridized carbons (Fsp3) is 0.444. The summed E-state index contributed by atoms with van der Waals surface area (Å²) in [5.74, 6) is -0.780. The highest BCUT2D eigenvalue weighted by Crippen LogP contribution is 2.22. The van der Waals surface area contributed by atoms with Crippen LogP contribution in [0.5, 0.6) is 0 Å². The molecule has 0 aliphatic heterocycles. The molecule has 17 heavy (non-hydrogen) atoms. The Balaban J connectivity index is 2.42. The third kappa shape index (κ3) is 1.93. The van der Waals surface area contributed by atoms with Crippen molar-refractivity contribution in [2.75, 3.05) is 0 Å². The van der Waals surface area contributed by atoms with E-state index in [0.717, 1.165) is 4.68 Å². The molecule has 0 aliphatic rings. The molecule has 0 bridgehead atoms. The summed E-state index contributed by atoms with van der Waals surface area (Å²) in [5, 5.41) is 14.1. The second-order valence-corrected chi connectivity index (χ2v) is 4.52. The highest BCUT2D eigenvalue weighted by atomic mass is 19.1. The van der Waals surface area contributed by atoms with Gasteiger partial charge in [0, 0.05) is 5.41 Å². The Morgan fingerprint density at radius 1 is 1.35 bits per heavy atom. The van der Waals surface area contributed by atoms with Gasteiger partial charge in [-0.05, 0) is 0 Å². The molecule has 2 aromatic rings. The van der Waals surface area contributed by atoms with Crippen molar-refractivity contribution in [2.45, 2.75) is 26.2 Å². The first-order valence-electron chi connectivity index (χ1n) is 4.94. The zero-order valence-electron chi connectivity index (χ0n) is 9.62. The molecule has 2 aromatic heterocycles. The maximum absolute atomic E-state index is 13.9. The molecule has 0 spiro atoms. The predicted molar refractivity (Wildman–Crippen MR) is 54.9 cm³/mol. The van der Waals surface area contributed by atoms with Crippen LogP contribution in [0.2, 0.25) is 0 Å². The quantitative estimate of drug-likeness (QED) is 0.679. The standard InChI is InChI=1S/C9H11FN6O/c1-9(2,3)6-7(10)16(14-12-6)8(17)15-5-4-11-13-15/h4-5H,1-3H3. The molecule has 90 valence electrons. The van der Waals surface area contributed by atoms with Gasteiger partial charge in [-0.2, -0.15) is 9.07 Å². The molecule has 8 heteroatoms. The molecule has 0 unspecified atom stereocenters. The smallest absolute Gasteiger partial charge is 0.243 e. The third-order valence-electron chi connectivity index (χ3n) is 2.13. The van der Waals surface area contributed by atoms with Gasteiger partial charge in [-0.1, -0.05) is 31.2 Å². The number of halogens is 1. The average molecular weight is 238 g/mol. The summed E-state index contributed by atoms with van der Waals surface area (Å²) >= 11 is 0. The molecule has 7 nitrogen and oxygen atoms in total. The minimum absolute atomic E-state index is 0.131. The molecule has 0 saturated carbocycles. The van der Waals surface area contributed by atoms with Gasteiger partial charge in [0.15, 0.2) is 0 Å². The molecule has 0 saturated heterocycles. The van der Waals surface area contributed by atoms with Gasteiger partial charge in [0.1, 0.15) is 5.69 Å². The Kier molecular flexibility index (Phi) is 2.49. The summed E-state index contributed by atoms with van der Waals surface area (Å²) in [4.78, 5) is 11.7. The SMILES string of the molecule is CC(C)(C)c1nnn(C(=O)n2ccnn2)c1F. The number of hydrogen-bond acceptors (Lipinski definition) is 5. The maximum Gasteiger partial charge on any atom is 0.374 e. The zero-order valence-corrected chi connectivity index (χ0v) is 9.62. The van der Waals surface area contributed by atoms with Crippen molar-refractivity contribution in [1.82, 2.24) is 30.0 Å². The van der Waals surface area contributed by atoms with Crippen LogP contribution in [0.4, 0.5) is 9.18 Å². The second-order valence-electron chi connectivity index (χ2n) is 4.52. The lowest BCUT2D eigenvalue weighted by Gasteiger charge is -2.13. The van der Waals surface area contributed by atoms with Crippen LogP contribution in [0.1, 0.15) is 26.5 Å². The average Bonchev–Trinajstić information content (AvgIpc) is 2.83. The van der Waals surface area contributed by atoms with E-state index < -0.39 is 17.4 Å². The number of hydrogen-bond donors (Lipinski definition) is 0. The summed E-state index contributed by atoms with van der Waals surface area (Å²) in [6.07, 6.45) is 2.62. The van der Waals surface area contributed by atoms with Crippen molar-refractivity contribution in [3.63, 3.8) is 0 Å². The largest absolute Gasteiger partial charge is 0.374 e. The van der Waals surface area contributed by atoms with E-state index >= 15 is 0 Å². The molecular weight excluding hydrogens is 227 g/mol. The molecule has 0 aliphatic carbocycles. The molecule has 0 atom stereocenters. The molecule has 2 rings (SSSR count). The number of carbonyl (C=O) groups is 1. The van der Waals surface area contributed by atoms with E-state index in [0.29, 0.717) is 4.68 Å². The number of rotatable bonds is 0. The van der Waals surface area contributed by atoms with Crippen molar-refractivity contribution in [2.24, 2.45) is 0 Å². The van der Waals surface area contributed by atoms with E-state index in [1.165, 1.54) is 12.4 Å². The van der Waals surface area contributed by atoms with Crippen LogP contribution in [0.25, 0.3) is 0 Å². The van der Waals surface area contributed by atoms with Gasteiger partial charge in [0.25, 0.3) is 0 Å². The zero-order chi connectivity index (χ0) is 12.6. The lowest BCUT2D eigenvalue weighted by Crippen LogP contribution is -2.24. The van der Waals surface area contributed by atoms with Crippen molar-refractivity contribution >= 4 is 6.03 Å². The summed E-state index contributed by atoms with van der Waals surface area (Å²) < 4.78 is 15.4. The van der Waals surface area contributed by atoms with Crippen LogP contribution in [0.3, 0.4) is 0 Å². The van der Waals surface area contributed by atoms with Gasteiger partial charge in [-0.25, -0.2) is 4.79 Å². The van der Waals surface area contributed by atoms with Gasteiger partial charge in [0.05, 0.1) is 12.4 Å². The Morgan fingerprint density at radius 3 is 2.53 bits per heavy atom. The predicted octanol–water partition coefficient (Wildman–Crippen LogP) is 0.823. The van der Waals surface area contributed by atoms with Gasteiger partial charge >= 0.3 is 6.03 Å². The van der Waals surface area contributed by atoms with E-state index in [9.17, 15) is 9.18 Å². The van der Waals surface area contributed by atoms with Crippen LogP contribution >= 0.6 is 0 Å². The van der Waals surface area contributed by atoms with Crippen LogP contribution in [0, 0.1) is 5.95 Å². The van der Waals surface area contributed by atoms with Gasteiger partial charge in [-0.3, -0.25) is 0 Å². The first-order chi connectivity index (χ1) is 7.91. The molecule has 0 fully saturated rings. The Bertz CT molecular complexity index is 538. The van der Waals surface area contributed by atoms with E-state index in [1.807, 2.05) is 0 Å². The summed E-state index contributed by atoms with van der Waals surface area (Å²) in [7, 11) is 0. The monoisotopic (exact) mass is 238 g/mol. The maximum atomic E-state index is 13.9. The lowest BCUT2D eigenvalue weighted by atomic mass is 9.93. The lowest BCUT2D eigenvalue weighted by molar-refractivity contribution is 0.233. The Labute approximate surface area is 96.2 Å².